The molecule has 3 unspecified atom stereocenters. The van der Waals surface area contributed by atoms with Crippen LogP contribution in [-0.2, 0) is 52.6 Å². The van der Waals surface area contributed by atoms with Crippen molar-refractivity contribution in [3.8, 4) is 0 Å². The Hall–Kier alpha value is -5.13. The van der Waals surface area contributed by atoms with E-state index in [1.165, 1.54) is 23.5 Å². The summed E-state index contributed by atoms with van der Waals surface area (Å²) < 4.78 is 9.77. The van der Waals surface area contributed by atoms with Gasteiger partial charge in [-0.1, -0.05) is 0 Å². The van der Waals surface area contributed by atoms with Gasteiger partial charge in [-0.2, -0.15) is 23.5 Å². The number of thioether (sulfide) groups is 2. The van der Waals surface area contributed by atoms with E-state index in [2.05, 4.69) is 37.2 Å². The third-order valence-corrected chi connectivity index (χ3v) is 11.1. The average Bonchev–Trinajstić information content (AvgIpc) is 3.65. The zero-order valence-corrected chi connectivity index (χ0v) is 36.7. The molecule has 2 fully saturated rings. The third kappa shape index (κ3) is 19.4. The molecule has 0 aromatic heterocycles. The Bertz CT molecular complexity index is 1510. The number of rotatable bonds is 28. The maximum absolute atomic E-state index is 13.5. The van der Waals surface area contributed by atoms with Gasteiger partial charge in [-0.25, -0.2) is 9.59 Å². The fraction of sp³-hybridized carbons (Fsp3) is 0.703. The van der Waals surface area contributed by atoms with Crippen LogP contribution in [0.25, 0.3) is 0 Å². The molecule has 0 aliphatic carbocycles. The van der Waals surface area contributed by atoms with Gasteiger partial charge in [0.2, 0.25) is 53.2 Å². The summed E-state index contributed by atoms with van der Waals surface area (Å²) in [7, 11) is 0. The molecular weight excluding hydrogens is 843 g/mol. The second kappa shape index (κ2) is 28.4. The number of nitrogens with one attached hydrogen (secondary N) is 7. The largest absolute Gasteiger partial charge is 0.450 e. The Morgan fingerprint density at radius 3 is 1.48 bits per heavy atom. The number of carbonyl (C=O) groups is 11. The first-order valence-electron chi connectivity index (χ1n) is 20.1. The molecule has 7 N–H and O–H groups in total. The van der Waals surface area contributed by atoms with Crippen LogP contribution in [-0.4, -0.2) is 169 Å². The Morgan fingerprint density at radius 2 is 1.05 bits per heavy atom. The number of amides is 11. The SMILES string of the molecule is CCOC(=O)NCCCCC(NC(=O)OCC)C(=O)NC(CC(=O)NCCNC(=O)CCN1C(=O)CC(SC)C1=O)CC(=O)NCCNC(=O)CCN1C(=O)CC(SC)C1=O. The van der Waals surface area contributed by atoms with Crippen LogP contribution in [0.5, 0.6) is 0 Å². The summed E-state index contributed by atoms with van der Waals surface area (Å²) >= 11 is 2.54. The van der Waals surface area contributed by atoms with Crippen LogP contribution >= 0.6 is 23.5 Å². The zero-order chi connectivity index (χ0) is 45.3. The minimum absolute atomic E-state index is 0.00265. The summed E-state index contributed by atoms with van der Waals surface area (Å²) in [5.74, 6) is -4.14. The molecule has 0 aromatic rings. The highest BCUT2D eigenvalue weighted by Gasteiger charge is 2.39. The van der Waals surface area contributed by atoms with Gasteiger partial charge >= 0.3 is 12.2 Å². The van der Waals surface area contributed by atoms with Crippen LogP contribution in [0.2, 0.25) is 0 Å². The molecule has 22 nitrogen and oxygen atoms in total. The third-order valence-electron chi connectivity index (χ3n) is 9.20. The standard InChI is InChI=1S/C37H59N9O13S2/c1-5-58-36(56)42-12-8-7-9-24(44-37(57)59-6-2)33(53)43-23(19-29(49)40-15-13-38-27(47)10-17-45-31(51)21-25(60-3)34(45)54)20-30(50)41-16-14-39-28(48)11-18-46-32(52)22-26(61-4)35(46)55/h23-26H,5-22H2,1-4H3,(H,38,47)(H,39,48)(H,40,49)(H,41,50)(H,42,56)(H,43,53)(H,44,57). The van der Waals surface area contributed by atoms with E-state index in [9.17, 15) is 52.7 Å². The summed E-state index contributed by atoms with van der Waals surface area (Å²) in [4.78, 5) is 139. The quantitative estimate of drug-likeness (QED) is 0.0348. The van der Waals surface area contributed by atoms with Gasteiger partial charge in [-0.05, 0) is 45.6 Å². The van der Waals surface area contributed by atoms with Crippen molar-refractivity contribution in [3.05, 3.63) is 0 Å². The maximum atomic E-state index is 13.5. The first-order valence-corrected chi connectivity index (χ1v) is 22.7. The number of carbonyl (C=O) groups excluding carboxylic acids is 11. The molecule has 0 saturated carbocycles. The average molecular weight is 902 g/mol. The number of imide groups is 2. The number of hydrogen-bond acceptors (Lipinski definition) is 15. The molecule has 0 radical (unpaired) electrons. The fourth-order valence-corrected chi connectivity index (χ4v) is 7.33. The fourth-order valence-electron chi connectivity index (χ4n) is 6.05. The molecule has 61 heavy (non-hydrogen) atoms. The van der Waals surface area contributed by atoms with Crippen molar-refractivity contribution in [3.63, 3.8) is 0 Å². The van der Waals surface area contributed by atoms with Crippen LogP contribution in [0.4, 0.5) is 9.59 Å². The van der Waals surface area contributed by atoms with Crippen LogP contribution in [0.15, 0.2) is 0 Å². The van der Waals surface area contributed by atoms with E-state index in [1.807, 2.05) is 0 Å². The second-order valence-electron chi connectivity index (χ2n) is 13.7. The normalized spacial score (nSPS) is 17.0. The minimum atomic E-state index is -1.14. The van der Waals surface area contributed by atoms with Gasteiger partial charge in [-0.3, -0.25) is 53.0 Å². The van der Waals surface area contributed by atoms with Crippen molar-refractivity contribution in [2.75, 3.05) is 71.5 Å². The van der Waals surface area contributed by atoms with Gasteiger partial charge in [0.05, 0.1) is 23.7 Å². The van der Waals surface area contributed by atoms with Gasteiger partial charge in [0.1, 0.15) is 6.04 Å². The highest BCUT2D eigenvalue weighted by Crippen LogP contribution is 2.24. The van der Waals surface area contributed by atoms with Crippen molar-refractivity contribution in [1.29, 1.82) is 0 Å². The molecule has 2 rings (SSSR count). The van der Waals surface area contributed by atoms with Gasteiger partial charge in [0.15, 0.2) is 0 Å². The lowest BCUT2D eigenvalue weighted by molar-refractivity contribution is -0.140. The molecule has 0 bridgehead atoms. The Balaban J connectivity index is 1.96. The van der Waals surface area contributed by atoms with Crippen LogP contribution in [0, 0.1) is 0 Å². The molecule has 2 aliphatic rings. The molecule has 3 atom stereocenters. The Labute approximate surface area is 362 Å². The van der Waals surface area contributed by atoms with Crippen molar-refractivity contribution >= 4 is 88.9 Å². The molecule has 2 saturated heterocycles. The molecule has 342 valence electrons. The summed E-state index contributed by atoms with van der Waals surface area (Å²) in [5, 5.41) is 17.2. The number of ether oxygens (including phenoxy) is 2. The summed E-state index contributed by atoms with van der Waals surface area (Å²) in [6.45, 7) is 3.52. The van der Waals surface area contributed by atoms with Gasteiger partial charge in [-0.15, -0.1) is 0 Å². The van der Waals surface area contributed by atoms with Gasteiger partial charge in [0, 0.05) is 90.4 Å². The highest BCUT2D eigenvalue weighted by atomic mass is 32.2. The van der Waals surface area contributed by atoms with E-state index in [4.69, 9.17) is 9.47 Å². The lowest BCUT2D eigenvalue weighted by atomic mass is 10.1. The van der Waals surface area contributed by atoms with E-state index >= 15 is 0 Å². The molecule has 0 aromatic carbocycles. The first kappa shape index (κ1) is 52.0. The Kier molecular flexibility index (Phi) is 24.2. The predicted octanol–water partition coefficient (Wildman–Crippen LogP) is -1.49. The van der Waals surface area contributed by atoms with Gasteiger partial charge in [0.25, 0.3) is 0 Å². The lowest BCUT2D eigenvalue weighted by Crippen LogP contribution is -2.51. The van der Waals surface area contributed by atoms with Crippen molar-refractivity contribution in [1.82, 2.24) is 47.0 Å². The van der Waals surface area contributed by atoms with E-state index in [-0.39, 0.29) is 128 Å². The Morgan fingerprint density at radius 1 is 0.607 bits per heavy atom. The maximum Gasteiger partial charge on any atom is 0.407 e. The number of likely N-dealkylation sites (tertiary alicyclic amines) is 2. The molecule has 2 heterocycles. The number of hydrogen-bond donors (Lipinski definition) is 7. The van der Waals surface area contributed by atoms with Crippen LogP contribution in [0.1, 0.15) is 71.6 Å². The number of alkyl carbamates (subject to hydrolysis) is 2. The van der Waals surface area contributed by atoms with Crippen molar-refractivity contribution in [2.24, 2.45) is 0 Å². The van der Waals surface area contributed by atoms with Gasteiger partial charge < -0.3 is 46.7 Å². The minimum Gasteiger partial charge on any atom is -0.450 e. The highest BCUT2D eigenvalue weighted by molar-refractivity contribution is 8.00. The summed E-state index contributed by atoms with van der Waals surface area (Å²) in [6.07, 6.45) is 2.04. The zero-order valence-electron chi connectivity index (χ0n) is 35.1. The van der Waals surface area contributed by atoms with Crippen molar-refractivity contribution < 1.29 is 62.2 Å². The second-order valence-corrected chi connectivity index (χ2v) is 15.8. The monoisotopic (exact) mass is 901 g/mol. The van der Waals surface area contributed by atoms with Crippen LogP contribution in [0.3, 0.4) is 0 Å². The molecule has 11 amide bonds. The van der Waals surface area contributed by atoms with Crippen LogP contribution < -0.4 is 37.2 Å². The first-order chi connectivity index (χ1) is 29.1. The smallest absolute Gasteiger partial charge is 0.407 e. The van der Waals surface area contributed by atoms with E-state index in [0.717, 1.165) is 9.80 Å². The molecule has 0 spiro atoms. The lowest BCUT2D eigenvalue weighted by Gasteiger charge is -2.23. The number of unbranched alkanes of at least 4 members (excludes halogenated alkanes) is 1. The topological polar surface area (TPSA) is 297 Å². The van der Waals surface area contributed by atoms with E-state index in [1.54, 1.807) is 26.4 Å². The number of nitrogens with zero attached hydrogens (tertiary/aromatic N) is 2. The summed E-state index contributed by atoms with van der Waals surface area (Å²) in [6, 6.07) is -2.23. The predicted molar refractivity (Wildman–Crippen MR) is 223 cm³/mol. The summed E-state index contributed by atoms with van der Waals surface area (Å²) in [5.41, 5.74) is 0. The molecule has 24 heteroatoms. The van der Waals surface area contributed by atoms with E-state index < -0.39 is 64.3 Å². The van der Waals surface area contributed by atoms with E-state index in [0.29, 0.717) is 12.8 Å². The van der Waals surface area contributed by atoms with Crippen molar-refractivity contribution in [2.45, 2.75) is 94.2 Å². The molecule has 2 aliphatic heterocycles. The molecular formula is C37H59N9O13S2.